The maximum atomic E-state index is 13.2. The quantitative estimate of drug-likeness (QED) is 0.419. The molecule has 0 fully saturated rings. The number of ether oxygens (including phenoxy) is 1. The summed E-state index contributed by atoms with van der Waals surface area (Å²) in [6.07, 6.45) is 9.91. The average molecular weight is 375 g/mol. The van der Waals surface area contributed by atoms with Crippen LogP contribution in [0.4, 0.5) is 4.39 Å². The highest BCUT2D eigenvalue weighted by atomic mass is 19.1. The van der Waals surface area contributed by atoms with Gasteiger partial charge in [0.25, 0.3) is 0 Å². The molecule has 2 unspecified atom stereocenters. The van der Waals surface area contributed by atoms with Crippen molar-refractivity contribution in [3.63, 3.8) is 0 Å². The molecule has 0 saturated heterocycles. The topological polar surface area (TPSA) is 29.5 Å². The maximum Gasteiger partial charge on any atom is 0.127 e. The predicted molar refractivity (Wildman–Crippen MR) is 110 cm³/mol. The van der Waals surface area contributed by atoms with Gasteiger partial charge in [-0.3, -0.25) is 0 Å². The third kappa shape index (κ3) is 4.17. The van der Waals surface area contributed by atoms with E-state index in [1.807, 2.05) is 12.1 Å². The van der Waals surface area contributed by atoms with E-state index in [9.17, 15) is 9.50 Å². The number of halogens is 1. The summed E-state index contributed by atoms with van der Waals surface area (Å²) in [4.78, 5) is 0. The van der Waals surface area contributed by atoms with Crippen molar-refractivity contribution in [1.29, 1.82) is 0 Å². The number of aromatic hydroxyl groups is 1. The molecule has 0 spiro atoms. The lowest BCUT2D eigenvalue weighted by atomic mass is 9.71. The molecule has 2 aliphatic rings. The zero-order chi connectivity index (χ0) is 19.6. The average Bonchev–Trinajstić information content (AvgIpc) is 2.64. The van der Waals surface area contributed by atoms with Crippen molar-refractivity contribution in [2.75, 3.05) is 6.67 Å². The van der Waals surface area contributed by atoms with E-state index in [1.54, 1.807) is 0 Å². The molecule has 1 aliphatic carbocycles. The number of alkyl halides is 1. The van der Waals surface area contributed by atoms with E-state index in [0.717, 1.165) is 41.7 Å². The first-order valence-electron chi connectivity index (χ1n) is 10.7. The van der Waals surface area contributed by atoms with Gasteiger partial charge >= 0.3 is 0 Å². The molecule has 0 bridgehead atoms. The van der Waals surface area contributed by atoms with E-state index in [4.69, 9.17) is 4.74 Å². The molecule has 1 aromatic carbocycles. The SMILES string of the molecule is CCCCCCC(C)(C)c1cc(O)c2c(c1)OC(C)C1CCC(CF)=C[C@H]21. The van der Waals surface area contributed by atoms with Crippen molar-refractivity contribution in [3.05, 3.63) is 34.9 Å². The molecule has 0 saturated carbocycles. The van der Waals surface area contributed by atoms with Crippen molar-refractivity contribution < 1.29 is 14.2 Å². The second-order valence-corrected chi connectivity index (χ2v) is 9.11. The summed E-state index contributed by atoms with van der Waals surface area (Å²) in [5.41, 5.74) is 2.84. The van der Waals surface area contributed by atoms with Crippen LogP contribution in [0.25, 0.3) is 0 Å². The van der Waals surface area contributed by atoms with Gasteiger partial charge in [0.2, 0.25) is 0 Å². The third-order valence-corrected chi connectivity index (χ3v) is 6.65. The summed E-state index contributed by atoms with van der Waals surface area (Å²) in [7, 11) is 0. The van der Waals surface area contributed by atoms with Gasteiger partial charge in [-0.15, -0.1) is 0 Å². The number of phenolic OH excluding ortho intramolecular Hbond substituents is 1. The highest BCUT2D eigenvalue weighted by molar-refractivity contribution is 5.54. The molecular formula is C24H35FO2. The number of benzene rings is 1. The summed E-state index contributed by atoms with van der Waals surface area (Å²) in [5, 5.41) is 10.9. The van der Waals surface area contributed by atoms with Crippen molar-refractivity contribution in [2.24, 2.45) is 5.92 Å². The molecule has 3 atom stereocenters. The number of phenols is 1. The Bertz CT molecular complexity index is 692. The number of fused-ring (bicyclic) bond motifs is 3. The summed E-state index contributed by atoms with van der Waals surface area (Å²) in [6.45, 7) is 8.44. The van der Waals surface area contributed by atoms with Gasteiger partial charge in [-0.2, -0.15) is 0 Å². The monoisotopic (exact) mass is 374 g/mol. The van der Waals surface area contributed by atoms with Crippen LogP contribution in [-0.4, -0.2) is 17.9 Å². The predicted octanol–water partition coefficient (Wildman–Crippen LogP) is 6.81. The van der Waals surface area contributed by atoms with Crippen LogP contribution >= 0.6 is 0 Å². The number of rotatable bonds is 7. The lowest BCUT2D eigenvalue weighted by Gasteiger charge is -2.41. The molecule has 3 heteroatoms. The molecule has 27 heavy (non-hydrogen) atoms. The van der Waals surface area contributed by atoms with Gasteiger partial charge in [0, 0.05) is 17.4 Å². The second kappa shape index (κ2) is 8.24. The molecule has 1 N–H and O–H groups in total. The summed E-state index contributed by atoms with van der Waals surface area (Å²) in [6, 6.07) is 4.05. The van der Waals surface area contributed by atoms with E-state index in [1.165, 1.54) is 25.7 Å². The van der Waals surface area contributed by atoms with Crippen molar-refractivity contribution in [1.82, 2.24) is 0 Å². The normalized spacial score (nSPS) is 24.6. The Morgan fingerprint density at radius 2 is 2.00 bits per heavy atom. The number of unbranched alkanes of at least 4 members (excludes halogenated alkanes) is 3. The van der Waals surface area contributed by atoms with Crippen LogP contribution < -0.4 is 4.74 Å². The van der Waals surface area contributed by atoms with E-state index < -0.39 is 6.67 Å². The smallest absolute Gasteiger partial charge is 0.127 e. The molecule has 0 radical (unpaired) electrons. The molecule has 1 aromatic rings. The van der Waals surface area contributed by atoms with Crippen LogP contribution in [0.1, 0.15) is 89.7 Å². The summed E-state index contributed by atoms with van der Waals surface area (Å²) >= 11 is 0. The second-order valence-electron chi connectivity index (χ2n) is 9.11. The first kappa shape index (κ1) is 20.2. The molecular weight excluding hydrogens is 339 g/mol. The van der Waals surface area contributed by atoms with Crippen LogP contribution in [0.2, 0.25) is 0 Å². The summed E-state index contributed by atoms with van der Waals surface area (Å²) in [5.74, 6) is 1.47. The first-order chi connectivity index (χ1) is 12.9. The fourth-order valence-electron chi connectivity index (χ4n) is 4.79. The van der Waals surface area contributed by atoms with Gasteiger partial charge in [0.05, 0.1) is 6.10 Å². The first-order valence-corrected chi connectivity index (χ1v) is 10.7. The number of allylic oxidation sites excluding steroid dienone is 2. The Balaban J connectivity index is 1.91. The van der Waals surface area contributed by atoms with Crippen LogP contribution in [-0.2, 0) is 5.41 Å². The van der Waals surface area contributed by atoms with Gasteiger partial charge < -0.3 is 9.84 Å². The lowest BCUT2D eigenvalue weighted by molar-refractivity contribution is 0.106. The highest BCUT2D eigenvalue weighted by Crippen LogP contribution is 2.51. The van der Waals surface area contributed by atoms with E-state index in [2.05, 4.69) is 33.8 Å². The van der Waals surface area contributed by atoms with Crippen molar-refractivity contribution >= 4 is 0 Å². The number of hydrogen-bond donors (Lipinski definition) is 1. The molecule has 3 rings (SSSR count). The van der Waals surface area contributed by atoms with E-state index in [-0.39, 0.29) is 17.4 Å². The van der Waals surface area contributed by atoms with E-state index >= 15 is 0 Å². The Hall–Kier alpha value is -1.51. The fourth-order valence-corrected chi connectivity index (χ4v) is 4.79. The Morgan fingerprint density at radius 3 is 2.70 bits per heavy atom. The van der Waals surface area contributed by atoms with Gasteiger partial charge in [0.15, 0.2) is 0 Å². The van der Waals surface area contributed by atoms with Gasteiger partial charge in [-0.1, -0.05) is 52.5 Å². The van der Waals surface area contributed by atoms with Crippen molar-refractivity contribution in [3.8, 4) is 11.5 Å². The molecule has 1 heterocycles. The van der Waals surface area contributed by atoms with Crippen LogP contribution in [0.3, 0.4) is 0 Å². The van der Waals surface area contributed by atoms with Gasteiger partial charge in [0.1, 0.15) is 18.2 Å². The molecule has 1 aliphatic heterocycles. The summed E-state index contributed by atoms with van der Waals surface area (Å²) < 4.78 is 19.5. The minimum atomic E-state index is -0.391. The fraction of sp³-hybridized carbons (Fsp3) is 0.667. The van der Waals surface area contributed by atoms with Gasteiger partial charge in [-0.25, -0.2) is 4.39 Å². The minimum Gasteiger partial charge on any atom is -0.507 e. The zero-order valence-corrected chi connectivity index (χ0v) is 17.4. The minimum absolute atomic E-state index is 0.00377. The molecule has 2 nitrogen and oxygen atoms in total. The molecule has 0 amide bonds. The van der Waals surface area contributed by atoms with E-state index in [0.29, 0.717) is 11.7 Å². The molecule has 0 aromatic heterocycles. The van der Waals surface area contributed by atoms with Crippen molar-refractivity contribution in [2.45, 2.75) is 90.1 Å². The zero-order valence-electron chi connectivity index (χ0n) is 17.4. The third-order valence-electron chi connectivity index (χ3n) is 6.65. The van der Waals surface area contributed by atoms with Gasteiger partial charge in [-0.05, 0) is 54.9 Å². The Labute approximate surface area is 163 Å². The largest absolute Gasteiger partial charge is 0.507 e. The Morgan fingerprint density at radius 1 is 1.22 bits per heavy atom. The maximum absolute atomic E-state index is 13.2. The van der Waals surface area contributed by atoms with Crippen LogP contribution in [0.15, 0.2) is 23.8 Å². The highest BCUT2D eigenvalue weighted by Gasteiger charge is 2.39. The standard InChI is InChI=1S/C24H35FO2/c1-5-6-7-8-11-24(3,4)18-13-21(26)23-20-12-17(15-25)9-10-19(20)16(2)27-22(23)14-18/h12-14,16,19-20,26H,5-11,15H2,1-4H3/t16?,19?,20-/m0/s1. The number of hydrogen-bond acceptors (Lipinski definition) is 2. The van der Waals surface area contributed by atoms with Crippen LogP contribution in [0.5, 0.6) is 11.5 Å². The van der Waals surface area contributed by atoms with Crippen LogP contribution in [0, 0.1) is 5.92 Å². The molecule has 150 valence electrons. The lowest BCUT2D eigenvalue weighted by Crippen LogP contribution is -2.35. The Kier molecular flexibility index (Phi) is 6.18.